The molecule has 0 aliphatic carbocycles. The lowest BCUT2D eigenvalue weighted by Gasteiger charge is -2.28. The molecule has 0 bridgehead atoms. The van der Waals surface area contributed by atoms with E-state index in [9.17, 15) is 116 Å². The second-order valence-electron chi connectivity index (χ2n) is 13.6. The second-order valence-corrected chi connectivity index (χ2v) is 156. The third kappa shape index (κ3) is 19.0. The lowest BCUT2D eigenvalue weighted by molar-refractivity contribution is 0.0534. The van der Waals surface area contributed by atoms with Gasteiger partial charge in [-0.15, -0.1) is 0 Å². The van der Waals surface area contributed by atoms with Crippen molar-refractivity contribution in [1.29, 1.82) is 0 Å². The van der Waals surface area contributed by atoms with Crippen molar-refractivity contribution < 1.29 is 138 Å². The average molecular weight is 1460 g/mol. The van der Waals surface area contributed by atoms with Gasteiger partial charge in [0.05, 0.1) is 0 Å². The van der Waals surface area contributed by atoms with Crippen LogP contribution in [0, 0.1) is 0 Å². The van der Waals surface area contributed by atoms with Crippen LogP contribution in [0.2, 0.25) is 32.7 Å². The number of hydrogen-bond acceptors (Lipinski definition) is 31. The zero-order chi connectivity index (χ0) is 54.8. The Bertz CT molecular complexity index is 2660. The summed E-state index contributed by atoms with van der Waals surface area (Å²) in [6, 6.07) is 0. The Morgan fingerprint density at radius 2 is 0.449 bits per heavy atom. The molecule has 0 aromatic carbocycles. The second kappa shape index (κ2) is 30.2. The van der Waals surface area contributed by atoms with Crippen molar-refractivity contribution in [3.63, 3.8) is 0 Å². The maximum absolute atomic E-state index is 13.0. The van der Waals surface area contributed by atoms with Crippen LogP contribution in [-0.4, -0.2) is 256 Å². The molecule has 0 amide bonds. The predicted octanol–water partition coefficient (Wildman–Crippen LogP) is -11.4. The van der Waals surface area contributed by atoms with E-state index in [1.807, 2.05) is 0 Å². The first-order valence-electron chi connectivity index (χ1n) is 17.2. The molecule has 0 aliphatic heterocycles. The van der Waals surface area contributed by atoms with E-state index in [2.05, 4.69) is 0 Å². The van der Waals surface area contributed by atoms with Crippen LogP contribution in [0.4, 0.5) is 0 Å². The van der Waals surface area contributed by atoms with Gasteiger partial charge in [0.1, 0.15) is 0 Å². The minimum absolute atomic E-state index is 1.06. The average Bonchev–Trinajstić information content (AvgIpc) is 3.32. The number of rotatable bonds is 34. The zero-order valence-electron chi connectivity index (χ0n) is 35.7. The molecule has 0 unspecified atom stereocenters. The van der Waals surface area contributed by atoms with E-state index in [0.29, 0.717) is 0 Å². The molecule has 31 nitrogen and oxygen atoms in total. The lowest BCUT2D eigenvalue weighted by Crippen LogP contribution is -2.59. The first kappa shape index (κ1) is 70.1. The summed E-state index contributed by atoms with van der Waals surface area (Å²) >= 11 is 0. The van der Waals surface area contributed by atoms with E-state index in [1.54, 1.807) is 19.6 Å². The molecule has 0 spiro atoms. The first-order valence-corrected chi connectivity index (χ1v) is 89.7. The van der Waals surface area contributed by atoms with E-state index in [-0.39, 0.29) is 0 Å². The van der Waals surface area contributed by atoms with Gasteiger partial charge in [-0.25, -0.2) is 0 Å². The first-order chi connectivity index (χ1) is 31.3. The molecule has 0 N–H and O–H groups in total. The summed E-state index contributed by atoms with van der Waals surface area (Å²) in [6.07, 6.45) is 0. The smallest absolute Gasteiger partial charge is 0.453 e. The normalized spacial score (nSPS) is 11.0. The Kier molecular flexibility index (Phi) is 30.6. The molecule has 0 saturated carbocycles. The lowest BCUT2D eigenvalue weighted by atomic mass is 11.8. The molecular formula is C8H24O31Si30. The largest absolute Gasteiger partial charge is 0.668 e. The highest BCUT2D eigenvalue weighted by molar-refractivity contribution is 7.84. The molecule has 61 heteroatoms. The van der Waals surface area contributed by atoms with E-state index in [0.717, 1.165) is 21.3 Å². The van der Waals surface area contributed by atoms with Crippen molar-refractivity contribution in [2.24, 2.45) is 0 Å². The summed E-state index contributed by atoms with van der Waals surface area (Å²) in [4.78, 5) is 0. The van der Waals surface area contributed by atoms with E-state index < -0.39 is 235 Å². The van der Waals surface area contributed by atoms with Crippen LogP contribution in [-0.2, 0) is 138 Å². The maximum Gasteiger partial charge on any atom is 0.668 e. The number of hydrogen-bond donors (Lipinski definition) is 0. The molecule has 362 valence electrons. The van der Waals surface area contributed by atoms with Crippen LogP contribution >= 0.6 is 0 Å². The molecule has 0 saturated heterocycles. The fraction of sp³-hybridized carbons (Fsp3) is 1.00. The molecule has 0 atom stereocenters. The van der Waals surface area contributed by atoms with E-state index >= 15 is 0 Å². The predicted molar refractivity (Wildman–Crippen MR) is 243 cm³/mol. The summed E-state index contributed by atoms with van der Waals surface area (Å²) in [5.74, 6) is 0. The van der Waals surface area contributed by atoms with Crippen molar-refractivity contribution in [3.8, 4) is 0 Å². The van der Waals surface area contributed by atoms with Gasteiger partial charge >= 0.3 is 210 Å². The highest BCUT2D eigenvalue weighted by atomic mass is 30.1. The summed E-state index contributed by atoms with van der Waals surface area (Å²) < 4.78 is 356. The Hall–Kier alpha value is 1.11. The summed E-state index contributed by atoms with van der Waals surface area (Å²) in [6.45, 7) is 7.83. The Labute approximate surface area is 422 Å². The van der Waals surface area contributed by atoms with Gasteiger partial charge in [-0.05, 0) is 32.7 Å². The highest BCUT2D eigenvalue weighted by Gasteiger charge is 2.58. The van der Waals surface area contributed by atoms with E-state index in [4.69, 9.17) is 21.5 Å². The summed E-state index contributed by atoms with van der Waals surface area (Å²) in [5.41, 5.74) is 0. The fourth-order valence-corrected chi connectivity index (χ4v) is 332. The van der Waals surface area contributed by atoms with Gasteiger partial charge in [-0.3, -0.25) is 0 Å². The Morgan fingerprint density at radius 1 is 0.275 bits per heavy atom. The zero-order valence-corrected chi connectivity index (χ0v) is 65.7. The van der Waals surface area contributed by atoms with Crippen LogP contribution in [0.1, 0.15) is 0 Å². The minimum atomic E-state index is -4.66. The summed E-state index contributed by atoms with van der Waals surface area (Å²) in [5, 5.41) is 0. The maximum atomic E-state index is 13.0. The monoisotopic (exact) mass is 1460 g/mol. The van der Waals surface area contributed by atoms with Gasteiger partial charge in [0.15, 0.2) is 8.32 Å². The molecular weight excluding hydrogens is 1430 g/mol. The molecule has 69 heavy (non-hydrogen) atoms. The van der Waals surface area contributed by atoms with Crippen molar-refractivity contribution in [1.82, 2.24) is 0 Å². The van der Waals surface area contributed by atoms with Gasteiger partial charge in [0, 0.05) is 21.3 Å². The SMILES string of the molecule is CO[Si](OC)(OC)O[Si][Si](=O)[Si](=O)[Si](=O)[Si](=O)[Si](=O)[Si](=O)[Si](=O)[Si](=O)[Si](=O)[Si](=O)[Si](=O)[Si](=O)[Si](=O)[Si](=O)[Si](=O)[Si](=O)[Si](=O)[Si](=O)[Si](=O)[Si](=O)[Si](=O)[Si](=O)[Si](=O)[Si](=O)[Si](=O)[Si](=O)[Si](C)(C)O[Si](C)(C)C. The Morgan fingerprint density at radius 3 is 0.623 bits per heavy atom. The topological polar surface area (TPSA) is 490 Å². The third-order valence-corrected chi connectivity index (χ3v) is 228. The fourth-order valence-electron chi connectivity index (χ4n) is 4.09. The molecule has 0 heterocycles. The molecule has 0 fully saturated rings. The Balaban J connectivity index is 5.87. The molecule has 0 aromatic rings. The van der Waals surface area contributed by atoms with Crippen molar-refractivity contribution in [2.45, 2.75) is 32.7 Å². The van der Waals surface area contributed by atoms with Gasteiger partial charge < -0.3 is 138 Å². The van der Waals surface area contributed by atoms with Gasteiger partial charge in [-0.2, -0.15) is 0 Å². The van der Waals surface area contributed by atoms with Crippen molar-refractivity contribution >= 4 is 235 Å². The van der Waals surface area contributed by atoms with Crippen molar-refractivity contribution in [2.75, 3.05) is 21.3 Å². The van der Waals surface area contributed by atoms with Crippen LogP contribution in [0.3, 0.4) is 0 Å². The van der Waals surface area contributed by atoms with Crippen molar-refractivity contribution in [3.05, 3.63) is 0 Å². The summed E-state index contributed by atoms with van der Waals surface area (Å²) in [7, 11) is -121. The minimum Gasteiger partial charge on any atom is -0.453 e. The third-order valence-electron chi connectivity index (χ3n) is 7.28. The molecule has 0 aliphatic rings. The van der Waals surface area contributed by atoms with E-state index in [1.165, 1.54) is 13.1 Å². The molecule has 0 aromatic heterocycles. The van der Waals surface area contributed by atoms with Crippen LogP contribution in [0.15, 0.2) is 0 Å². The standard InChI is InChI=1S/C8H24O31Si30/c1-35-69(36-2,37-3)38-40-41(9)42(10)43(11)44(12)45(13)46(14)47(15)48(16)49(17)50(18)51(19)52(20)53(21)54(22)55(23)56(24)57(25)58(26)59(27)60(28)61(29)62(30)63(31)64(32)65(33)66(34)68(7,8)39-67(4,5)6/h1-8H3. The quantitative estimate of drug-likeness (QED) is 0.0540. The van der Waals surface area contributed by atoms with Crippen LogP contribution < -0.4 is 0 Å². The molecule has 2 radical (unpaired) electrons. The van der Waals surface area contributed by atoms with Gasteiger partial charge in [-0.1, -0.05) is 0 Å². The highest BCUT2D eigenvalue weighted by Crippen LogP contribution is 2.14. The molecule has 0 rings (SSSR count). The van der Waals surface area contributed by atoms with Gasteiger partial charge in [0.2, 0.25) is 7.83 Å². The van der Waals surface area contributed by atoms with Crippen LogP contribution in [0.5, 0.6) is 0 Å². The van der Waals surface area contributed by atoms with Crippen LogP contribution in [0.25, 0.3) is 0 Å². The van der Waals surface area contributed by atoms with Gasteiger partial charge in [0.25, 0.3) is 9.28 Å².